The van der Waals surface area contributed by atoms with Crippen molar-refractivity contribution in [3.8, 4) is 0 Å². The van der Waals surface area contributed by atoms with Gasteiger partial charge in [-0.15, -0.1) is 0 Å². The van der Waals surface area contributed by atoms with E-state index in [1.165, 1.54) is 38.1 Å². The van der Waals surface area contributed by atoms with Gasteiger partial charge in [0.1, 0.15) is 0 Å². The van der Waals surface area contributed by atoms with Crippen molar-refractivity contribution in [2.24, 2.45) is 5.92 Å². The average molecular weight is 159 g/mol. The van der Waals surface area contributed by atoms with Crippen molar-refractivity contribution >= 4 is 11.8 Å². The third-order valence-electron chi connectivity index (χ3n) is 2.19. The lowest BCUT2D eigenvalue weighted by atomic mass is 9.96. The molecule has 0 saturated carbocycles. The van der Waals surface area contributed by atoms with Crippen LogP contribution in [0.1, 0.15) is 19.3 Å². The molecule has 10 heavy (non-hydrogen) atoms. The van der Waals surface area contributed by atoms with E-state index in [-0.39, 0.29) is 0 Å². The lowest BCUT2D eigenvalue weighted by molar-refractivity contribution is 0.367. The summed E-state index contributed by atoms with van der Waals surface area (Å²) in [6, 6.07) is 0. The molecule has 60 valence electrons. The molecule has 0 bridgehead atoms. The molecule has 1 saturated heterocycles. The van der Waals surface area contributed by atoms with Crippen LogP contribution in [0.2, 0.25) is 0 Å². The summed E-state index contributed by atoms with van der Waals surface area (Å²) in [4.78, 5) is 0. The molecule has 0 aromatic carbocycles. The molecular weight excluding hydrogens is 142 g/mol. The van der Waals surface area contributed by atoms with Gasteiger partial charge in [-0.3, -0.25) is 0 Å². The van der Waals surface area contributed by atoms with Crippen molar-refractivity contribution in [3.05, 3.63) is 0 Å². The van der Waals surface area contributed by atoms with E-state index in [1.54, 1.807) is 0 Å². The summed E-state index contributed by atoms with van der Waals surface area (Å²) < 4.78 is 0. The highest BCUT2D eigenvalue weighted by molar-refractivity contribution is 7.98. The maximum Gasteiger partial charge on any atom is -0.00463 e. The number of piperidine rings is 1. The van der Waals surface area contributed by atoms with E-state index in [0.29, 0.717) is 0 Å². The van der Waals surface area contributed by atoms with Crippen LogP contribution in [0, 0.1) is 5.92 Å². The molecule has 0 atom stereocenters. The topological polar surface area (TPSA) is 12.0 Å². The minimum Gasteiger partial charge on any atom is -0.317 e. The Balaban J connectivity index is 2.02. The monoisotopic (exact) mass is 159 g/mol. The Morgan fingerprint density at radius 1 is 1.40 bits per heavy atom. The lowest BCUT2D eigenvalue weighted by Crippen LogP contribution is -2.27. The summed E-state index contributed by atoms with van der Waals surface area (Å²) in [5.74, 6) is 2.37. The molecule has 1 heterocycles. The molecule has 0 spiro atoms. The Labute approximate surface area is 68.0 Å². The zero-order valence-electron chi connectivity index (χ0n) is 6.73. The summed E-state index contributed by atoms with van der Waals surface area (Å²) in [5, 5.41) is 3.38. The first-order valence-corrected chi connectivity index (χ1v) is 5.52. The van der Waals surface area contributed by atoms with Crippen molar-refractivity contribution in [2.75, 3.05) is 25.1 Å². The molecule has 1 fully saturated rings. The highest BCUT2D eigenvalue weighted by Crippen LogP contribution is 2.17. The second-order valence-corrected chi connectivity index (χ2v) is 3.96. The van der Waals surface area contributed by atoms with Gasteiger partial charge in [-0.2, -0.15) is 11.8 Å². The highest BCUT2D eigenvalue weighted by atomic mass is 32.2. The van der Waals surface area contributed by atoms with Gasteiger partial charge in [-0.05, 0) is 50.3 Å². The van der Waals surface area contributed by atoms with Crippen LogP contribution in [0.4, 0.5) is 0 Å². The van der Waals surface area contributed by atoms with Gasteiger partial charge >= 0.3 is 0 Å². The molecule has 1 nitrogen and oxygen atoms in total. The van der Waals surface area contributed by atoms with E-state index in [4.69, 9.17) is 0 Å². The first-order chi connectivity index (χ1) is 4.93. The fourth-order valence-electron chi connectivity index (χ4n) is 1.45. The van der Waals surface area contributed by atoms with Crippen LogP contribution in [0.3, 0.4) is 0 Å². The van der Waals surface area contributed by atoms with Gasteiger partial charge in [0, 0.05) is 0 Å². The quantitative estimate of drug-likeness (QED) is 0.673. The molecule has 0 amide bonds. The molecule has 1 rings (SSSR count). The zero-order valence-corrected chi connectivity index (χ0v) is 7.54. The van der Waals surface area contributed by atoms with Crippen LogP contribution in [0.5, 0.6) is 0 Å². The summed E-state index contributed by atoms with van der Waals surface area (Å²) in [7, 11) is 0. The molecule has 0 aromatic rings. The summed E-state index contributed by atoms with van der Waals surface area (Å²) in [5.41, 5.74) is 0. The van der Waals surface area contributed by atoms with Crippen molar-refractivity contribution in [1.29, 1.82) is 0 Å². The van der Waals surface area contributed by atoms with Gasteiger partial charge in [0.15, 0.2) is 0 Å². The van der Waals surface area contributed by atoms with Crippen LogP contribution < -0.4 is 5.32 Å². The van der Waals surface area contributed by atoms with E-state index >= 15 is 0 Å². The number of hydrogen-bond acceptors (Lipinski definition) is 2. The summed E-state index contributed by atoms with van der Waals surface area (Å²) in [6.45, 7) is 2.50. The van der Waals surface area contributed by atoms with E-state index in [2.05, 4.69) is 11.6 Å². The number of nitrogens with one attached hydrogen (secondary N) is 1. The van der Waals surface area contributed by atoms with Gasteiger partial charge in [-0.25, -0.2) is 0 Å². The molecule has 1 N–H and O–H groups in total. The lowest BCUT2D eigenvalue weighted by Gasteiger charge is -2.21. The zero-order chi connectivity index (χ0) is 7.23. The van der Waals surface area contributed by atoms with Crippen molar-refractivity contribution in [2.45, 2.75) is 19.3 Å². The van der Waals surface area contributed by atoms with Crippen LogP contribution in [-0.2, 0) is 0 Å². The van der Waals surface area contributed by atoms with Crippen molar-refractivity contribution in [1.82, 2.24) is 5.32 Å². The number of hydrogen-bond donors (Lipinski definition) is 1. The molecule has 0 unspecified atom stereocenters. The minimum absolute atomic E-state index is 1.02. The Morgan fingerprint density at radius 3 is 2.70 bits per heavy atom. The SMILES string of the molecule is CSCCC1CCNCC1. The van der Waals surface area contributed by atoms with Crippen molar-refractivity contribution < 1.29 is 0 Å². The molecule has 0 aliphatic carbocycles. The molecule has 1 aliphatic rings. The largest absolute Gasteiger partial charge is 0.317 e. The number of thioether (sulfide) groups is 1. The Hall–Kier alpha value is 0.310. The van der Waals surface area contributed by atoms with Crippen LogP contribution in [0.15, 0.2) is 0 Å². The predicted molar refractivity (Wildman–Crippen MR) is 48.6 cm³/mol. The highest BCUT2D eigenvalue weighted by Gasteiger charge is 2.11. The second-order valence-electron chi connectivity index (χ2n) is 2.97. The van der Waals surface area contributed by atoms with Crippen molar-refractivity contribution in [3.63, 3.8) is 0 Å². The fraction of sp³-hybridized carbons (Fsp3) is 1.00. The molecule has 2 heteroatoms. The summed E-state index contributed by atoms with van der Waals surface area (Å²) >= 11 is 1.97. The van der Waals surface area contributed by atoms with E-state index in [9.17, 15) is 0 Å². The molecule has 1 aliphatic heterocycles. The minimum atomic E-state index is 1.02. The second kappa shape index (κ2) is 5.03. The molecule has 0 radical (unpaired) electrons. The summed E-state index contributed by atoms with van der Waals surface area (Å²) in [6.07, 6.45) is 6.44. The Kier molecular flexibility index (Phi) is 4.23. The Bertz CT molecular complexity index is 79.3. The molecule has 0 aromatic heterocycles. The standard InChI is InChI=1S/C8H17NS/c1-10-7-4-8-2-5-9-6-3-8/h8-9H,2-7H2,1H3. The predicted octanol–water partition coefficient (Wildman–Crippen LogP) is 1.74. The van der Waals surface area contributed by atoms with Gasteiger partial charge in [0.25, 0.3) is 0 Å². The average Bonchev–Trinajstić information content (AvgIpc) is 2.03. The number of rotatable bonds is 3. The maximum atomic E-state index is 3.38. The molecular formula is C8H17NS. The van der Waals surface area contributed by atoms with E-state index in [0.717, 1.165) is 5.92 Å². The van der Waals surface area contributed by atoms with Gasteiger partial charge in [0.2, 0.25) is 0 Å². The van der Waals surface area contributed by atoms with Crippen LogP contribution >= 0.6 is 11.8 Å². The third-order valence-corrected chi connectivity index (χ3v) is 2.83. The fourth-order valence-corrected chi connectivity index (χ4v) is 2.02. The smallest absolute Gasteiger partial charge is 0.00463 e. The van der Waals surface area contributed by atoms with Crippen LogP contribution in [0.25, 0.3) is 0 Å². The Morgan fingerprint density at radius 2 is 2.10 bits per heavy atom. The normalized spacial score (nSPS) is 21.3. The van der Waals surface area contributed by atoms with Gasteiger partial charge < -0.3 is 5.32 Å². The van der Waals surface area contributed by atoms with Gasteiger partial charge in [-0.1, -0.05) is 0 Å². The van der Waals surface area contributed by atoms with E-state index < -0.39 is 0 Å². The maximum absolute atomic E-state index is 3.38. The van der Waals surface area contributed by atoms with Crippen LogP contribution in [-0.4, -0.2) is 25.1 Å². The first-order valence-electron chi connectivity index (χ1n) is 4.13. The first kappa shape index (κ1) is 8.41. The third kappa shape index (κ3) is 2.93. The van der Waals surface area contributed by atoms with E-state index in [1.807, 2.05) is 11.8 Å². The van der Waals surface area contributed by atoms with Gasteiger partial charge in [0.05, 0.1) is 0 Å².